The maximum absolute atomic E-state index is 12.3. The van der Waals surface area contributed by atoms with Gasteiger partial charge in [0.2, 0.25) is 0 Å². The Balaban J connectivity index is 1.28. The fourth-order valence-corrected chi connectivity index (χ4v) is 4.04. The average molecular weight is 336 g/mol. The van der Waals surface area contributed by atoms with Crippen LogP contribution in [0.1, 0.15) is 28.8 Å². The molecule has 0 spiro atoms. The third-order valence-electron chi connectivity index (χ3n) is 5.74. The first kappa shape index (κ1) is 16.2. The van der Waals surface area contributed by atoms with Crippen molar-refractivity contribution in [3.63, 3.8) is 0 Å². The van der Waals surface area contributed by atoms with Crippen molar-refractivity contribution in [2.24, 2.45) is 11.3 Å². The number of hydrogen-bond acceptors (Lipinski definition) is 3. The number of phenols is 1. The SMILES string of the molecule is O=C(NCC12CCN(Cc3ccccc3)CC1C2)c1ccc(O)cc1. The van der Waals surface area contributed by atoms with Crippen molar-refractivity contribution in [1.29, 1.82) is 0 Å². The van der Waals surface area contributed by atoms with Crippen molar-refractivity contribution in [2.45, 2.75) is 19.4 Å². The van der Waals surface area contributed by atoms with Gasteiger partial charge in [0.25, 0.3) is 5.91 Å². The van der Waals surface area contributed by atoms with Gasteiger partial charge < -0.3 is 10.4 Å². The molecule has 1 saturated carbocycles. The van der Waals surface area contributed by atoms with Gasteiger partial charge in [-0.1, -0.05) is 30.3 Å². The number of hydrogen-bond donors (Lipinski definition) is 2. The molecule has 0 bridgehead atoms. The summed E-state index contributed by atoms with van der Waals surface area (Å²) in [7, 11) is 0. The number of benzene rings is 2. The number of nitrogens with zero attached hydrogens (tertiary/aromatic N) is 1. The van der Waals surface area contributed by atoms with E-state index in [1.807, 2.05) is 0 Å². The second kappa shape index (κ2) is 6.52. The minimum Gasteiger partial charge on any atom is -0.508 e. The smallest absolute Gasteiger partial charge is 0.251 e. The van der Waals surface area contributed by atoms with Crippen LogP contribution in [0.5, 0.6) is 5.75 Å². The monoisotopic (exact) mass is 336 g/mol. The summed E-state index contributed by atoms with van der Waals surface area (Å²) in [6.07, 6.45) is 2.37. The lowest BCUT2D eigenvalue weighted by molar-refractivity contribution is 0.0930. The van der Waals surface area contributed by atoms with Crippen LogP contribution in [0.3, 0.4) is 0 Å². The summed E-state index contributed by atoms with van der Waals surface area (Å²) < 4.78 is 0. The standard InChI is InChI=1S/C21H24N2O2/c24-19-8-6-17(7-9-19)20(25)22-15-21-10-11-23(14-18(21)12-21)13-16-4-2-1-3-5-16/h1-9,18,24H,10-15H2,(H,22,25). The van der Waals surface area contributed by atoms with Crippen LogP contribution in [0.4, 0.5) is 0 Å². The number of amides is 1. The Hall–Kier alpha value is -2.33. The summed E-state index contributed by atoms with van der Waals surface area (Å²) in [4.78, 5) is 14.8. The minimum absolute atomic E-state index is 0.0493. The van der Waals surface area contributed by atoms with Crippen molar-refractivity contribution < 1.29 is 9.90 Å². The van der Waals surface area contributed by atoms with Crippen molar-refractivity contribution in [3.05, 3.63) is 65.7 Å². The third-order valence-corrected chi connectivity index (χ3v) is 5.74. The van der Waals surface area contributed by atoms with Gasteiger partial charge in [-0.3, -0.25) is 9.69 Å². The number of piperidine rings is 1. The summed E-state index contributed by atoms with van der Waals surface area (Å²) in [6.45, 7) is 4.01. The third kappa shape index (κ3) is 3.54. The highest BCUT2D eigenvalue weighted by atomic mass is 16.3. The van der Waals surface area contributed by atoms with Gasteiger partial charge in [-0.05, 0) is 60.5 Å². The topological polar surface area (TPSA) is 52.6 Å². The largest absolute Gasteiger partial charge is 0.508 e. The zero-order valence-electron chi connectivity index (χ0n) is 14.3. The van der Waals surface area contributed by atoms with Gasteiger partial charge >= 0.3 is 0 Å². The zero-order valence-corrected chi connectivity index (χ0v) is 14.3. The molecule has 0 radical (unpaired) electrons. The summed E-state index contributed by atoms with van der Waals surface area (Å²) in [5.74, 6) is 0.833. The molecule has 2 atom stereocenters. The fourth-order valence-electron chi connectivity index (χ4n) is 4.04. The van der Waals surface area contributed by atoms with Crippen LogP contribution in [-0.2, 0) is 6.54 Å². The number of carbonyl (C=O) groups is 1. The first-order valence-corrected chi connectivity index (χ1v) is 8.98. The van der Waals surface area contributed by atoms with E-state index in [0.29, 0.717) is 16.9 Å². The fraction of sp³-hybridized carbons (Fsp3) is 0.381. The number of fused-ring (bicyclic) bond motifs is 1. The van der Waals surface area contributed by atoms with E-state index in [2.05, 4.69) is 40.5 Å². The van der Waals surface area contributed by atoms with E-state index in [-0.39, 0.29) is 11.7 Å². The Kier molecular flexibility index (Phi) is 4.22. The lowest BCUT2D eigenvalue weighted by Crippen LogP contribution is -2.39. The Labute approximate surface area is 148 Å². The Morgan fingerprint density at radius 1 is 1.16 bits per heavy atom. The molecule has 2 aliphatic rings. The molecule has 1 aliphatic heterocycles. The van der Waals surface area contributed by atoms with Crippen molar-refractivity contribution in [3.8, 4) is 5.75 Å². The predicted octanol–water partition coefficient (Wildman–Crippen LogP) is 3.03. The number of likely N-dealkylation sites (tertiary alicyclic amines) is 1. The first-order chi connectivity index (χ1) is 12.1. The van der Waals surface area contributed by atoms with Gasteiger partial charge in [-0.25, -0.2) is 0 Å². The lowest BCUT2D eigenvalue weighted by atomic mass is 9.94. The maximum Gasteiger partial charge on any atom is 0.251 e. The quantitative estimate of drug-likeness (QED) is 0.882. The molecule has 2 aromatic rings. The lowest BCUT2D eigenvalue weighted by Gasteiger charge is -2.31. The van der Waals surface area contributed by atoms with Crippen LogP contribution in [0.2, 0.25) is 0 Å². The van der Waals surface area contributed by atoms with Gasteiger partial charge in [0, 0.05) is 25.2 Å². The molecule has 2 aromatic carbocycles. The van der Waals surface area contributed by atoms with Crippen LogP contribution < -0.4 is 5.32 Å². The zero-order chi connectivity index (χ0) is 17.3. The summed E-state index contributed by atoms with van der Waals surface area (Å²) in [5.41, 5.74) is 2.28. The van der Waals surface area contributed by atoms with Crippen LogP contribution in [0, 0.1) is 11.3 Å². The molecule has 1 saturated heterocycles. The normalized spacial score (nSPS) is 25.2. The van der Waals surface area contributed by atoms with Gasteiger partial charge in [-0.2, -0.15) is 0 Å². The van der Waals surface area contributed by atoms with E-state index in [9.17, 15) is 9.90 Å². The number of rotatable bonds is 5. The molecule has 1 amide bonds. The first-order valence-electron chi connectivity index (χ1n) is 8.98. The molecular formula is C21H24N2O2. The molecule has 1 heterocycles. The molecule has 25 heavy (non-hydrogen) atoms. The van der Waals surface area contributed by atoms with Gasteiger partial charge in [0.05, 0.1) is 0 Å². The van der Waals surface area contributed by atoms with Crippen molar-refractivity contribution in [1.82, 2.24) is 10.2 Å². The highest BCUT2D eigenvalue weighted by Gasteiger charge is 2.56. The summed E-state index contributed by atoms with van der Waals surface area (Å²) in [6, 6.07) is 17.1. The second-order valence-electron chi connectivity index (χ2n) is 7.46. The molecule has 130 valence electrons. The maximum atomic E-state index is 12.3. The van der Waals surface area contributed by atoms with Crippen LogP contribution >= 0.6 is 0 Å². The molecule has 2 unspecified atom stereocenters. The summed E-state index contributed by atoms with van der Waals surface area (Å²) >= 11 is 0. The number of nitrogens with one attached hydrogen (secondary N) is 1. The average Bonchev–Trinajstić information content (AvgIpc) is 3.35. The van der Waals surface area contributed by atoms with Crippen LogP contribution in [0.15, 0.2) is 54.6 Å². The van der Waals surface area contributed by atoms with Crippen molar-refractivity contribution >= 4 is 5.91 Å². The van der Waals surface area contributed by atoms with E-state index in [1.54, 1.807) is 24.3 Å². The molecule has 0 aromatic heterocycles. The Morgan fingerprint density at radius 2 is 1.92 bits per heavy atom. The van der Waals surface area contributed by atoms with E-state index in [4.69, 9.17) is 0 Å². The molecular weight excluding hydrogens is 312 g/mol. The molecule has 2 fully saturated rings. The van der Waals surface area contributed by atoms with Crippen LogP contribution in [-0.4, -0.2) is 35.5 Å². The Morgan fingerprint density at radius 3 is 2.64 bits per heavy atom. The molecule has 4 heteroatoms. The molecule has 4 rings (SSSR count). The Bertz CT molecular complexity index is 744. The van der Waals surface area contributed by atoms with Crippen LogP contribution in [0.25, 0.3) is 0 Å². The van der Waals surface area contributed by atoms with E-state index < -0.39 is 0 Å². The van der Waals surface area contributed by atoms with E-state index in [0.717, 1.165) is 32.6 Å². The van der Waals surface area contributed by atoms with Gasteiger partial charge in [0.15, 0.2) is 0 Å². The predicted molar refractivity (Wildman–Crippen MR) is 97.3 cm³/mol. The molecule has 2 N–H and O–H groups in total. The van der Waals surface area contributed by atoms with Gasteiger partial charge in [-0.15, -0.1) is 0 Å². The van der Waals surface area contributed by atoms with Gasteiger partial charge in [0.1, 0.15) is 5.75 Å². The number of carbonyl (C=O) groups excluding carboxylic acids is 1. The summed E-state index contributed by atoms with van der Waals surface area (Å²) in [5, 5.41) is 12.4. The van der Waals surface area contributed by atoms with E-state index in [1.165, 1.54) is 12.0 Å². The second-order valence-corrected chi connectivity index (χ2v) is 7.46. The minimum atomic E-state index is -0.0493. The number of phenolic OH excluding ortho intramolecular Hbond substituents is 1. The van der Waals surface area contributed by atoms with Crippen molar-refractivity contribution in [2.75, 3.05) is 19.6 Å². The molecule has 1 aliphatic carbocycles. The highest BCUT2D eigenvalue weighted by molar-refractivity contribution is 5.94. The van der Waals surface area contributed by atoms with E-state index >= 15 is 0 Å². The number of aromatic hydroxyl groups is 1. The highest BCUT2D eigenvalue weighted by Crippen LogP contribution is 2.57. The molecule has 4 nitrogen and oxygen atoms in total.